The molecule has 1 fully saturated rings. The van der Waals surface area contributed by atoms with E-state index < -0.39 is 6.10 Å². The van der Waals surface area contributed by atoms with Crippen molar-refractivity contribution >= 4 is 11.6 Å². The molecule has 1 unspecified atom stereocenters. The summed E-state index contributed by atoms with van der Waals surface area (Å²) in [4.78, 5) is 0. The highest BCUT2D eigenvalue weighted by Crippen LogP contribution is 2.40. The lowest BCUT2D eigenvalue weighted by Gasteiger charge is -2.34. The summed E-state index contributed by atoms with van der Waals surface area (Å²) in [5, 5.41) is 11.5. The maximum Gasteiger partial charge on any atom is 0.126 e. The summed E-state index contributed by atoms with van der Waals surface area (Å²) >= 11 is 6.20. The number of aliphatic hydroxyl groups is 1. The predicted molar refractivity (Wildman–Crippen MR) is 83.2 cm³/mol. The zero-order valence-corrected chi connectivity index (χ0v) is 13.3. The van der Waals surface area contributed by atoms with E-state index in [0.29, 0.717) is 19.6 Å². The molecule has 21 heavy (non-hydrogen) atoms. The van der Waals surface area contributed by atoms with Crippen molar-refractivity contribution in [1.29, 1.82) is 0 Å². The van der Waals surface area contributed by atoms with Crippen LogP contribution >= 0.6 is 11.6 Å². The molecule has 0 radical (unpaired) electrons. The second-order valence-electron chi connectivity index (χ2n) is 6.08. The third-order valence-corrected chi connectivity index (χ3v) is 4.95. The molecule has 1 heterocycles. The second kappa shape index (κ2) is 6.15. The minimum absolute atomic E-state index is 0.386. The summed E-state index contributed by atoms with van der Waals surface area (Å²) in [7, 11) is 0. The molecule has 1 atom stereocenters. The van der Waals surface area contributed by atoms with Crippen LogP contribution in [0.5, 0.6) is 5.75 Å². The lowest BCUT2D eigenvalue weighted by Crippen LogP contribution is -2.43. The van der Waals surface area contributed by atoms with E-state index in [1.165, 1.54) is 0 Å². The summed E-state index contributed by atoms with van der Waals surface area (Å²) in [6.45, 7) is 3.34. The van der Waals surface area contributed by atoms with Crippen molar-refractivity contribution in [2.45, 2.75) is 57.2 Å². The fourth-order valence-electron chi connectivity index (χ4n) is 3.73. The monoisotopic (exact) mass is 310 g/mol. The van der Waals surface area contributed by atoms with Gasteiger partial charge >= 0.3 is 0 Å². The maximum atomic E-state index is 10.8. The van der Waals surface area contributed by atoms with Gasteiger partial charge in [0, 0.05) is 24.5 Å². The van der Waals surface area contributed by atoms with E-state index in [0.717, 1.165) is 54.0 Å². The molecule has 3 rings (SSSR count). The van der Waals surface area contributed by atoms with Gasteiger partial charge in [-0.05, 0) is 43.0 Å². The van der Waals surface area contributed by atoms with Gasteiger partial charge in [-0.1, -0.05) is 24.4 Å². The fourth-order valence-corrected chi connectivity index (χ4v) is 3.99. The Morgan fingerprint density at radius 3 is 2.86 bits per heavy atom. The van der Waals surface area contributed by atoms with E-state index in [2.05, 4.69) is 0 Å². The zero-order chi connectivity index (χ0) is 14.9. The molecule has 0 spiro atoms. The van der Waals surface area contributed by atoms with Crippen molar-refractivity contribution in [2.24, 2.45) is 0 Å². The molecule has 0 saturated heterocycles. The van der Waals surface area contributed by atoms with Crippen molar-refractivity contribution in [2.75, 3.05) is 13.2 Å². The van der Waals surface area contributed by atoms with Crippen molar-refractivity contribution in [3.05, 3.63) is 28.3 Å². The average molecular weight is 311 g/mol. The van der Waals surface area contributed by atoms with Crippen molar-refractivity contribution < 1.29 is 14.6 Å². The number of hydrogen-bond donors (Lipinski definition) is 1. The molecule has 0 amide bonds. The molecule has 1 aliphatic heterocycles. The van der Waals surface area contributed by atoms with Crippen molar-refractivity contribution in [3.63, 3.8) is 0 Å². The van der Waals surface area contributed by atoms with Crippen LogP contribution in [0.25, 0.3) is 0 Å². The first-order valence-electron chi connectivity index (χ1n) is 7.91. The first-order chi connectivity index (χ1) is 10.1. The van der Waals surface area contributed by atoms with Crippen LogP contribution in [0.15, 0.2) is 12.1 Å². The molecular weight excluding hydrogens is 288 g/mol. The van der Waals surface area contributed by atoms with Gasteiger partial charge in [0.05, 0.1) is 18.3 Å². The summed E-state index contributed by atoms with van der Waals surface area (Å²) in [5.41, 5.74) is 1.78. The van der Waals surface area contributed by atoms with Gasteiger partial charge in [0.1, 0.15) is 5.75 Å². The van der Waals surface area contributed by atoms with E-state index in [1.807, 2.05) is 19.1 Å². The third kappa shape index (κ3) is 2.92. The van der Waals surface area contributed by atoms with Crippen LogP contribution in [-0.2, 0) is 17.6 Å². The van der Waals surface area contributed by atoms with E-state index >= 15 is 0 Å². The van der Waals surface area contributed by atoms with Crippen molar-refractivity contribution in [1.82, 2.24) is 0 Å². The predicted octanol–water partition coefficient (Wildman–Crippen LogP) is 3.53. The molecule has 2 aliphatic rings. The number of fused-ring (bicyclic) bond motifs is 1. The fraction of sp³-hybridized carbons (Fsp3) is 0.647. The molecule has 0 bridgehead atoms. The smallest absolute Gasteiger partial charge is 0.126 e. The largest absolute Gasteiger partial charge is 0.493 e. The van der Waals surface area contributed by atoms with Gasteiger partial charge in [-0.15, -0.1) is 0 Å². The number of benzene rings is 1. The van der Waals surface area contributed by atoms with Gasteiger partial charge in [-0.2, -0.15) is 0 Å². The third-order valence-electron chi connectivity index (χ3n) is 4.73. The van der Waals surface area contributed by atoms with Gasteiger partial charge in [0.15, 0.2) is 0 Å². The topological polar surface area (TPSA) is 38.7 Å². The Kier molecular flexibility index (Phi) is 4.43. The number of ether oxygens (including phenoxy) is 2. The van der Waals surface area contributed by atoms with Crippen LogP contribution in [0.4, 0.5) is 0 Å². The summed E-state index contributed by atoms with van der Waals surface area (Å²) in [6.07, 6.45) is 5.06. The second-order valence-corrected chi connectivity index (χ2v) is 6.51. The minimum Gasteiger partial charge on any atom is -0.493 e. The van der Waals surface area contributed by atoms with Crippen LogP contribution in [0.1, 0.15) is 43.7 Å². The quantitative estimate of drug-likeness (QED) is 0.904. The zero-order valence-electron chi connectivity index (χ0n) is 12.5. The lowest BCUT2D eigenvalue weighted by atomic mass is 9.89. The van der Waals surface area contributed by atoms with Gasteiger partial charge < -0.3 is 14.6 Å². The molecule has 1 N–H and O–H groups in total. The van der Waals surface area contributed by atoms with E-state index in [4.69, 9.17) is 21.1 Å². The van der Waals surface area contributed by atoms with Crippen LogP contribution in [-0.4, -0.2) is 30.0 Å². The Morgan fingerprint density at radius 2 is 2.14 bits per heavy atom. The van der Waals surface area contributed by atoms with E-state index in [9.17, 15) is 5.11 Å². The molecule has 1 saturated carbocycles. The number of halogens is 1. The number of aliphatic hydroxyl groups excluding tert-OH is 1. The Bertz CT molecular complexity index is 509. The first-order valence-corrected chi connectivity index (χ1v) is 8.28. The number of rotatable bonds is 5. The van der Waals surface area contributed by atoms with Crippen LogP contribution < -0.4 is 4.74 Å². The number of hydrogen-bond acceptors (Lipinski definition) is 3. The van der Waals surface area contributed by atoms with E-state index in [1.54, 1.807) is 0 Å². The Balaban J connectivity index is 1.83. The minimum atomic E-state index is -0.508. The van der Waals surface area contributed by atoms with Crippen LogP contribution in [0.2, 0.25) is 5.02 Å². The van der Waals surface area contributed by atoms with Crippen LogP contribution in [0, 0.1) is 0 Å². The van der Waals surface area contributed by atoms with E-state index in [-0.39, 0.29) is 5.60 Å². The van der Waals surface area contributed by atoms with Gasteiger partial charge in [-0.3, -0.25) is 0 Å². The average Bonchev–Trinajstić information content (AvgIpc) is 3.08. The molecule has 3 nitrogen and oxygen atoms in total. The highest BCUT2D eigenvalue weighted by Gasteiger charge is 2.41. The van der Waals surface area contributed by atoms with Gasteiger partial charge in [-0.25, -0.2) is 0 Å². The van der Waals surface area contributed by atoms with Gasteiger partial charge in [0.2, 0.25) is 0 Å². The SMILES string of the molecule is CCOC1(C(O)Cc2cc(Cl)cc3c2OCC3)CCCC1. The first kappa shape index (κ1) is 15.1. The molecular formula is C17H23ClO3. The van der Waals surface area contributed by atoms with Gasteiger partial charge in [0.25, 0.3) is 0 Å². The normalized spacial score (nSPS) is 21.1. The van der Waals surface area contributed by atoms with Crippen LogP contribution in [0.3, 0.4) is 0 Å². The highest BCUT2D eigenvalue weighted by molar-refractivity contribution is 6.30. The molecule has 1 aromatic rings. The Labute approximate surface area is 131 Å². The maximum absolute atomic E-state index is 10.8. The molecule has 4 heteroatoms. The lowest BCUT2D eigenvalue weighted by molar-refractivity contribution is -0.115. The highest BCUT2D eigenvalue weighted by atomic mass is 35.5. The Hall–Kier alpha value is -0.770. The molecule has 0 aromatic heterocycles. The van der Waals surface area contributed by atoms with Crippen molar-refractivity contribution in [3.8, 4) is 5.75 Å². The standard InChI is InChI=1S/C17H23ClO3/c1-2-21-17(6-3-4-7-17)15(19)11-13-10-14(18)9-12-5-8-20-16(12)13/h9-10,15,19H,2-8,11H2,1H3. The summed E-state index contributed by atoms with van der Waals surface area (Å²) in [5.74, 6) is 0.920. The molecule has 1 aliphatic carbocycles. The molecule has 1 aromatic carbocycles. The molecule has 116 valence electrons. The Morgan fingerprint density at radius 1 is 1.38 bits per heavy atom. The summed E-state index contributed by atoms with van der Waals surface area (Å²) in [6, 6.07) is 3.89. The summed E-state index contributed by atoms with van der Waals surface area (Å²) < 4.78 is 11.7.